The van der Waals surface area contributed by atoms with E-state index in [-0.39, 0.29) is 24.1 Å². The van der Waals surface area contributed by atoms with Gasteiger partial charge in [0.15, 0.2) is 0 Å². The highest BCUT2D eigenvalue weighted by Crippen LogP contribution is 2.18. The minimum Gasteiger partial charge on any atom is -0.338 e. The fourth-order valence-electron chi connectivity index (χ4n) is 2.25. The largest absolute Gasteiger partial charge is 0.338 e. The second-order valence-electron chi connectivity index (χ2n) is 4.47. The number of rotatable bonds is 3. The van der Waals surface area contributed by atoms with Crippen LogP contribution in [-0.2, 0) is 0 Å². The van der Waals surface area contributed by atoms with Crippen LogP contribution in [0.25, 0.3) is 0 Å². The van der Waals surface area contributed by atoms with Gasteiger partial charge in [-0.15, -0.1) is 12.4 Å². The van der Waals surface area contributed by atoms with Crippen LogP contribution in [0.15, 0.2) is 24.3 Å². The van der Waals surface area contributed by atoms with Crippen LogP contribution < -0.4 is 5.32 Å². The lowest BCUT2D eigenvalue weighted by Crippen LogP contribution is -2.30. The van der Waals surface area contributed by atoms with Gasteiger partial charge in [-0.2, -0.15) is 0 Å². The highest BCUT2D eigenvalue weighted by molar-refractivity contribution is 5.94. The van der Waals surface area contributed by atoms with Gasteiger partial charge in [0.05, 0.1) is 0 Å². The summed E-state index contributed by atoms with van der Waals surface area (Å²) in [5, 5.41) is 3.13. The van der Waals surface area contributed by atoms with Gasteiger partial charge in [-0.25, -0.2) is 4.39 Å². The number of halogens is 2. The van der Waals surface area contributed by atoms with Crippen molar-refractivity contribution in [2.24, 2.45) is 5.92 Å². The lowest BCUT2D eigenvalue weighted by Gasteiger charge is -2.16. The molecular weight excluding hydrogens is 255 g/mol. The Bertz CT molecular complexity index is 396. The Balaban J connectivity index is 0.00000162. The average Bonchev–Trinajstić information content (AvgIpc) is 2.78. The Morgan fingerprint density at radius 2 is 2.11 bits per heavy atom. The van der Waals surface area contributed by atoms with Crippen LogP contribution >= 0.6 is 12.4 Å². The molecule has 0 spiro atoms. The highest BCUT2D eigenvalue weighted by atomic mass is 35.5. The first kappa shape index (κ1) is 14.9. The zero-order valence-corrected chi connectivity index (χ0v) is 11.2. The molecule has 100 valence electrons. The predicted octanol–water partition coefficient (Wildman–Crippen LogP) is 1.93. The summed E-state index contributed by atoms with van der Waals surface area (Å²) in [4.78, 5) is 13.9. The van der Waals surface area contributed by atoms with Gasteiger partial charge in [0, 0.05) is 18.7 Å². The molecule has 1 N–H and O–H groups in total. The van der Waals surface area contributed by atoms with E-state index in [1.54, 1.807) is 12.1 Å². The Morgan fingerprint density at radius 3 is 2.72 bits per heavy atom. The second kappa shape index (κ2) is 6.71. The van der Waals surface area contributed by atoms with Crippen LogP contribution in [-0.4, -0.2) is 37.5 Å². The van der Waals surface area contributed by atoms with E-state index < -0.39 is 0 Å². The molecule has 2 rings (SSSR count). The summed E-state index contributed by atoms with van der Waals surface area (Å²) in [7, 11) is 1.92. The number of nitrogens with zero attached hydrogens (tertiary/aromatic N) is 1. The highest BCUT2D eigenvalue weighted by Gasteiger charge is 2.26. The van der Waals surface area contributed by atoms with Gasteiger partial charge in [-0.3, -0.25) is 4.79 Å². The molecule has 1 saturated heterocycles. The van der Waals surface area contributed by atoms with E-state index in [2.05, 4.69) is 5.32 Å². The molecule has 1 fully saturated rings. The standard InChI is InChI=1S/C13H17FN2O.ClH/c1-15-8-10-6-7-16(9-10)13(17)11-2-4-12(14)5-3-11;/h2-5,10,15H,6-9H2,1H3;1H. The maximum atomic E-state index is 12.8. The van der Waals surface area contributed by atoms with E-state index in [0.717, 1.165) is 26.1 Å². The van der Waals surface area contributed by atoms with E-state index in [0.29, 0.717) is 11.5 Å². The number of carbonyl (C=O) groups excluding carboxylic acids is 1. The number of nitrogens with one attached hydrogen (secondary N) is 1. The Morgan fingerprint density at radius 1 is 1.44 bits per heavy atom. The van der Waals surface area contributed by atoms with Crippen molar-refractivity contribution in [2.75, 3.05) is 26.7 Å². The average molecular weight is 273 g/mol. The molecule has 0 radical (unpaired) electrons. The summed E-state index contributed by atoms with van der Waals surface area (Å²) in [5.41, 5.74) is 0.566. The molecule has 18 heavy (non-hydrogen) atoms. The molecule has 1 aliphatic heterocycles. The maximum absolute atomic E-state index is 12.8. The van der Waals surface area contributed by atoms with Gasteiger partial charge in [-0.1, -0.05) is 0 Å². The molecule has 1 atom stereocenters. The molecule has 1 heterocycles. The molecular formula is C13H18ClFN2O. The lowest BCUT2D eigenvalue weighted by atomic mass is 10.1. The minimum absolute atomic E-state index is 0. The smallest absolute Gasteiger partial charge is 0.253 e. The van der Waals surface area contributed by atoms with Crippen molar-refractivity contribution < 1.29 is 9.18 Å². The molecule has 1 aliphatic rings. The fourth-order valence-corrected chi connectivity index (χ4v) is 2.25. The number of likely N-dealkylation sites (tertiary alicyclic amines) is 1. The van der Waals surface area contributed by atoms with Crippen molar-refractivity contribution in [3.63, 3.8) is 0 Å². The van der Waals surface area contributed by atoms with Crippen molar-refractivity contribution in [3.8, 4) is 0 Å². The van der Waals surface area contributed by atoms with Crippen molar-refractivity contribution in [3.05, 3.63) is 35.6 Å². The van der Waals surface area contributed by atoms with Gasteiger partial charge < -0.3 is 10.2 Å². The molecule has 5 heteroatoms. The zero-order chi connectivity index (χ0) is 12.3. The first-order valence-corrected chi connectivity index (χ1v) is 5.90. The number of hydrogen-bond donors (Lipinski definition) is 1. The predicted molar refractivity (Wildman–Crippen MR) is 71.6 cm³/mol. The van der Waals surface area contributed by atoms with Crippen molar-refractivity contribution in [2.45, 2.75) is 6.42 Å². The summed E-state index contributed by atoms with van der Waals surface area (Å²) < 4.78 is 12.8. The summed E-state index contributed by atoms with van der Waals surface area (Å²) in [5.74, 6) is 0.226. The third-order valence-electron chi connectivity index (χ3n) is 3.16. The van der Waals surface area contributed by atoms with Crippen LogP contribution in [0, 0.1) is 11.7 Å². The first-order chi connectivity index (χ1) is 8.20. The molecule has 1 aromatic carbocycles. The summed E-state index contributed by atoms with van der Waals surface area (Å²) >= 11 is 0. The van der Waals surface area contributed by atoms with Gasteiger partial charge in [-0.05, 0) is 50.2 Å². The zero-order valence-electron chi connectivity index (χ0n) is 10.4. The van der Waals surface area contributed by atoms with Crippen LogP contribution in [0.4, 0.5) is 4.39 Å². The molecule has 0 bridgehead atoms. The first-order valence-electron chi connectivity index (χ1n) is 5.90. The van der Waals surface area contributed by atoms with E-state index >= 15 is 0 Å². The SMILES string of the molecule is CNCC1CCN(C(=O)c2ccc(F)cc2)C1.Cl. The Kier molecular flexibility index (Phi) is 5.56. The van der Waals surface area contributed by atoms with Crippen LogP contribution in [0.5, 0.6) is 0 Å². The topological polar surface area (TPSA) is 32.3 Å². The van der Waals surface area contributed by atoms with Gasteiger partial charge in [0.25, 0.3) is 5.91 Å². The van der Waals surface area contributed by atoms with Gasteiger partial charge in [0.2, 0.25) is 0 Å². The van der Waals surface area contributed by atoms with E-state index in [1.807, 2.05) is 11.9 Å². The summed E-state index contributed by atoms with van der Waals surface area (Å²) in [6.45, 7) is 2.52. The molecule has 0 aromatic heterocycles. The number of amides is 1. The normalized spacial score (nSPS) is 18.6. The number of hydrogen-bond acceptors (Lipinski definition) is 2. The lowest BCUT2D eigenvalue weighted by molar-refractivity contribution is 0.0787. The molecule has 1 amide bonds. The third kappa shape index (κ3) is 3.43. The second-order valence-corrected chi connectivity index (χ2v) is 4.47. The monoisotopic (exact) mass is 272 g/mol. The molecule has 1 aromatic rings. The molecule has 3 nitrogen and oxygen atoms in total. The van der Waals surface area contributed by atoms with Crippen molar-refractivity contribution in [1.29, 1.82) is 0 Å². The van der Waals surface area contributed by atoms with Gasteiger partial charge in [0.1, 0.15) is 5.82 Å². The van der Waals surface area contributed by atoms with Crippen LogP contribution in [0.3, 0.4) is 0 Å². The van der Waals surface area contributed by atoms with Crippen LogP contribution in [0.2, 0.25) is 0 Å². The van der Waals surface area contributed by atoms with Crippen molar-refractivity contribution >= 4 is 18.3 Å². The minimum atomic E-state index is -0.309. The summed E-state index contributed by atoms with van der Waals surface area (Å²) in [6.07, 6.45) is 1.04. The van der Waals surface area contributed by atoms with Gasteiger partial charge >= 0.3 is 0 Å². The number of benzene rings is 1. The molecule has 0 aliphatic carbocycles. The maximum Gasteiger partial charge on any atom is 0.253 e. The van der Waals surface area contributed by atoms with E-state index in [4.69, 9.17) is 0 Å². The number of carbonyl (C=O) groups is 1. The Hall–Kier alpha value is -1.13. The molecule has 1 unspecified atom stereocenters. The van der Waals surface area contributed by atoms with Crippen LogP contribution in [0.1, 0.15) is 16.8 Å². The summed E-state index contributed by atoms with van der Waals surface area (Å²) in [6, 6.07) is 5.74. The van der Waals surface area contributed by atoms with E-state index in [1.165, 1.54) is 12.1 Å². The van der Waals surface area contributed by atoms with Crippen molar-refractivity contribution in [1.82, 2.24) is 10.2 Å². The quantitative estimate of drug-likeness (QED) is 0.912. The fraction of sp³-hybridized carbons (Fsp3) is 0.462. The third-order valence-corrected chi connectivity index (χ3v) is 3.16. The van der Waals surface area contributed by atoms with E-state index in [9.17, 15) is 9.18 Å². The molecule has 0 saturated carbocycles. The Labute approximate surface area is 113 Å².